The van der Waals surface area contributed by atoms with Crippen LogP contribution in [-0.2, 0) is 13.8 Å². The minimum Gasteiger partial charge on any atom is -0.391 e. The number of nitrogens with zero attached hydrogens (tertiary/aromatic N) is 2. The van der Waals surface area contributed by atoms with Crippen molar-refractivity contribution in [3.63, 3.8) is 0 Å². The third kappa shape index (κ3) is 3.41. The normalized spacial score (nSPS) is 31.1. The van der Waals surface area contributed by atoms with Crippen LogP contribution in [0.5, 0.6) is 0 Å². The summed E-state index contributed by atoms with van der Waals surface area (Å²) in [6.07, 6.45) is -5.48. The number of rotatable bonds is 4. The van der Waals surface area contributed by atoms with Crippen LogP contribution in [0.4, 0.5) is 10.2 Å². The Hall–Kier alpha value is -1.06. The van der Waals surface area contributed by atoms with Gasteiger partial charge < -0.3 is 15.6 Å². The molecule has 0 radical (unpaired) electrons. The van der Waals surface area contributed by atoms with Gasteiger partial charge in [-0.25, -0.2) is 9.18 Å². The van der Waals surface area contributed by atoms with Crippen molar-refractivity contribution in [2.24, 2.45) is 0 Å². The molecule has 0 aromatic carbocycles. The van der Waals surface area contributed by atoms with E-state index in [4.69, 9.17) is 15.0 Å². The minimum absolute atomic E-state index is 0.0111. The number of hydrogen-bond donors (Lipinski definition) is 3. The molecule has 1 aromatic rings. The first-order valence-corrected chi connectivity index (χ1v) is 8.29. The molecule has 2 rings (SSSR count). The fraction of sp³-hybridized carbons (Fsp3) is 0.600. The van der Waals surface area contributed by atoms with E-state index in [0.717, 1.165) is 4.57 Å². The first kappa shape index (κ1) is 16.3. The molecule has 8 nitrogen and oxygen atoms in total. The molecule has 0 amide bonds. The van der Waals surface area contributed by atoms with Gasteiger partial charge in [-0.05, 0) is 17.6 Å². The first-order valence-electron chi connectivity index (χ1n) is 5.96. The number of anilines is 1. The zero-order valence-corrected chi connectivity index (χ0v) is 12.7. The van der Waals surface area contributed by atoms with Crippen molar-refractivity contribution < 1.29 is 23.3 Å². The Bertz CT molecular complexity index is 600. The number of aromatic nitrogens is 2. The van der Waals surface area contributed by atoms with Crippen molar-refractivity contribution >= 4 is 25.3 Å². The van der Waals surface area contributed by atoms with Gasteiger partial charge in [0, 0.05) is 6.20 Å². The highest BCUT2D eigenvalue weighted by atomic mass is 32.7. The second kappa shape index (κ2) is 6.37. The number of nitrogen functional groups attached to an aromatic ring is 1. The Kier molecular flexibility index (Phi) is 4.95. The summed E-state index contributed by atoms with van der Waals surface area (Å²) in [5.41, 5.74) is 4.55. The Labute approximate surface area is 125 Å². The SMILES string of the molecule is C[C@@H](O)[C@H]1O[C@@H](n2ccc(N)nc2=O)C(F)C1O[P+](=O)S. The number of alkyl halides is 1. The van der Waals surface area contributed by atoms with Gasteiger partial charge in [-0.3, -0.25) is 4.57 Å². The van der Waals surface area contributed by atoms with Crippen LogP contribution in [0.25, 0.3) is 0 Å². The van der Waals surface area contributed by atoms with Crippen LogP contribution >= 0.6 is 19.5 Å². The highest BCUT2D eigenvalue weighted by Gasteiger charge is 2.52. The van der Waals surface area contributed by atoms with Crippen LogP contribution < -0.4 is 11.4 Å². The van der Waals surface area contributed by atoms with Crippen molar-refractivity contribution in [3.05, 3.63) is 22.7 Å². The first-order chi connectivity index (χ1) is 9.81. The van der Waals surface area contributed by atoms with Crippen molar-refractivity contribution in [2.45, 2.75) is 37.6 Å². The Morgan fingerprint density at radius 3 is 2.90 bits per heavy atom. The van der Waals surface area contributed by atoms with Gasteiger partial charge in [-0.1, -0.05) is 0 Å². The van der Waals surface area contributed by atoms with Gasteiger partial charge in [0.05, 0.1) is 6.10 Å². The molecular formula is C10H14FN3O5PS+. The quantitative estimate of drug-likeness (QED) is 0.538. The van der Waals surface area contributed by atoms with Gasteiger partial charge in [-0.15, -0.1) is 4.52 Å². The fourth-order valence-corrected chi connectivity index (χ4v) is 2.88. The Balaban J connectivity index is 2.33. The monoisotopic (exact) mass is 338 g/mol. The van der Waals surface area contributed by atoms with Crippen molar-refractivity contribution in [1.29, 1.82) is 0 Å². The molecule has 1 aliphatic heterocycles. The maximum atomic E-state index is 14.4. The smallest absolute Gasteiger partial charge is 0.391 e. The maximum Gasteiger partial charge on any atom is 0.582 e. The lowest BCUT2D eigenvalue weighted by Gasteiger charge is -2.17. The molecule has 1 saturated heterocycles. The van der Waals surface area contributed by atoms with Gasteiger partial charge in [0.25, 0.3) is 0 Å². The average molecular weight is 338 g/mol. The van der Waals surface area contributed by atoms with Crippen LogP contribution in [0.2, 0.25) is 0 Å². The van der Waals surface area contributed by atoms with Gasteiger partial charge in [0.2, 0.25) is 0 Å². The highest BCUT2D eigenvalue weighted by Crippen LogP contribution is 2.41. The highest BCUT2D eigenvalue weighted by molar-refractivity contribution is 8.39. The number of aliphatic hydroxyl groups excluding tert-OH is 1. The largest absolute Gasteiger partial charge is 0.582 e. The molecule has 3 N–H and O–H groups in total. The molecule has 0 saturated carbocycles. The molecular weight excluding hydrogens is 324 g/mol. The molecule has 21 heavy (non-hydrogen) atoms. The maximum absolute atomic E-state index is 14.4. The van der Waals surface area contributed by atoms with E-state index >= 15 is 0 Å². The van der Waals surface area contributed by atoms with Crippen LogP contribution in [0.3, 0.4) is 0 Å². The summed E-state index contributed by atoms with van der Waals surface area (Å²) in [5.74, 6) is -0.0111. The van der Waals surface area contributed by atoms with Gasteiger partial charge >= 0.3 is 12.9 Å². The minimum atomic E-state index is -2.40. The number of thiol groups is 1. The molecule has 3 unspecified atom stereocenters. The number of halogens is 1. The van der Waals surface area contributed by atoms with Crippen molar-refractivity contribution in [2.75, 3.05) is 5.73 Å². The summed E-state index contributed by atoms with van der Waals surface area (Å²) < 4.78 is 36.6. The Morgan fingerprint density at radius 1 is 1.71 bits per heavy atom. The van der Waals surface area contributed by atoms with E-state index in [-0.39, 0.29) is 5.82 Å². The van der Waals surface area contributed by atoms with Crippen LogP contribution in [0.15, 0.2) is 17.1 Å². The van der Waals surface area contributed by atoms with Crippen LogP contribution in [0, 0.1) is 0 Å². The lowest BCUT2D eigenvalue weighted by Crippen LogP contribution is -2.37. The third-order valence-corrected chi connectivity index (χ3v) is 3.73. The standard InChI is InChI=1S/C10H13FN3O5PS/c1-4(15)7-8(19-20(17)21)6(11)9(18-7)14-3-2-5(12)13-10(14)16/h2-4,6-9,15H,1H3,(H2-,12,13,16,17,21)/p+1/t4-,6?,7-,8?,9-/m1/s1. The molecule has 1 fully saturated rings. The molecule has 116 valence electrons. The predicted molar refractivity (Wildman–Crippen MR) is 74.9 cm³/mol. The predicted octanol–water partition coefficient (Wildman–Crippen LogP) is 0.414. The van der Waals surface area contributed by atoms with E-state index < -0.39 is 43.6 Å². The van der Waals surface area contributed by atoms with E-state index in [2.05, 4.69) is 17.2 Å². The lowest BCUT2D eigenvalue weighted by molar-refractivity contribution is -0.0747. The number of nitrogens with two attached hydrogens (primary N) is 1. The number of aliphatic hydroxyl groups is 1. The summed E-state index contributed by atoms with van der Waals surface area (Å²) in [5, 5.41) is 9.62. The second-order valence-electron chi connectivity index (χ2n) is 4.53. The molecule has 1 aromatic heterocycles. The van der Waals surface area contributed by atoms with E-state index in [9.17, 15) is 18.9 Å². The van der Waals surface area contributed by atoms with Gasteiger partial charge in [-0.2, -0.15) is 4.98 Å². The lowest BCUT2D eigenvalue weighted by atomic mass is 10.1. The molecule has 11 heteroatoms. The molecule has 0 bridgehead atoms. The molecule has 0 spiro atoms. The molecule has 2 heterocycles. The summed E-state index contributed by atoms with van der Waals surface area (Å²) >= 11 is 3.56. The summed E-state index contributed by atoms with van der Waals surface area (Å²) in [6.45, 7) is 1.37. The van der Waals surface area contributed by atoms with Gasteiger partial charge in [0.15, 0.2) is 18.5 Å². The van der Waals surface area contributed by atoms with Gasteiger partial charge in [0.1, 0.15) is 24.2 Å². The average Bonchev–Trinajstić information content (AvgIpc) is 2.67. The summed E-state index contributed by atoms with van der Waals surface area (Å²) in [4.78, 5) is 15.2. The van der Waals surface area contributed by atoms with E-state index in [1.807, 2.05) is 0 Å². The fourth-order valence-electron chi connectivity index (χ4n) is 2.11. The van der Waals surface area contributed by atoms with Crippen molar-refractivity contribution in [3.8, 4) is 0 Å². The summed E-state index contributed by atoms with van der Waals surface area (Å²) in [7, 11) is -2.40. The second-order valence-corrected chi connectivity index (χ2v) is 6.19. The van der Waals surface area contributed by atoms with E-state index in [1.54, 1.807) is 0 Å². The zero-order chi connectivity index (χ0) is 15.7. The number of hydrogen-bond acceptors (Lipinski definition) is 7. The van der Waals surface area contributed by atoms with Crippen LogP contribution in [0.1, 0.15) is 13.2 Å². The van der Waals surface area contributed by atoms with Crippen molar-refractivity contribution in [1.82, 2.24) is 9.55 Å². The summed E-state index contributed by atoms with van der Waals surface area (Å²) in [6, 6.07) is 1.31. The Morgan fingerprint density at radius 2 is 2.38 bits per heavy atom. The van der Waals surface area contributed by atoms with E-state index in [1.165, 1.54) is 19.2 Å². The number of ether oxygens (including phenoxy) is 1. The molecule has 6 atom stereocenters. The molecule has 0 aliphatic carbocycles. The zero-order valence-electron chi connectivity index (χ0n) is 10.9. The van der Waals surface area contributed by atoms with Crippen LogP contribution in [-0.4, -0.2) is 39.1 Å². The molecule has 1 aliphatic rings. The topological polar surface area (TPSA) is 117 Å². The van der Waals surface area contributed by atoms with E-state index in [0.29, 0.717) is 0 Å². The third-order valence-electron chi connectivity index (χ3n) is 3.02.